The van der Waals surface area contributed by atoms with Gasteiger partial charge in [0.25, 0.3) is 0 Å². The van der Waals surface area contributed by atoms with Gasteiger partial charge in [0, 0.05) is 0 Å². The first-order valence-corrected chi connectivity index (χ1v) is 7.75. The van der Waals surface area contributed by atoms with Gasteiger partial charge < -0.3 is 10.6 Å². The van der Waals surface area contributed by atoms with Crippen molar-refractivity contribution in [2.45, 2.75) is 11.6 Å². The second-order valence-electron chi connectivity index (χ2n) is 2.94. The molecule has 96 valence electrons. The van der Waals surface area contributed by atoms with Crippen LogP contribution in [0.2, 0.25) is 5.23 Å². The van der Waals surface area contributed by atoms with Gasteiger partial charge in [-0.25, -0.2) is 0 Å². The van der Waals surface area contributed by atoms with Gasteiger partial charge in [-0.3, -0.25) is 0 Å². The van der Waals surface area contributed by atoms with Crippen LogP contribution in [-0.4, -0.2) is 28.2 Å². The predicted octanol–water partition coefficient (Wildman–Crippen LogP) is 4.56. The third-order valence-electron chi connectivity index (χ3n) is 1.26. The Kier molecular flexibility index (Phi) is 31.7. The number of rotatable bonds is 2. The summed E-state index contributed by atoms with van der Waals surface area (Å²) in [5.74, 6) is 0. The Morgan fingerprint density at radius 2 is 1.53 bits per heavy atom. The van der Waals surface area contributed by atoms with Gasteiger partial charge in [0.05, 0.1) is 0 Å². The monoisotopic (exact) mass is 270 g/mol. The molecule has 3 heteroatoms. The van der Waals surface area contributed by atoms with Crippen LogP contribution in [0.25, 0.3) is 10.6 Å². The average molecular weight is 270 g/mol. The molecule has 0 radical (unpaired) electrons. The van der Waals surface area contributed by atoms with E-state index in [0.29, 0.717) is 19.2 Å². The molecule has 0 saturated heterocycles. The minimum absolute atomic E-state index is 0.292. The van der Waals surface area contributed by atoms with Crippen LogP contribution in [-0.2, 0) is 19.2 Å². The third kappa shape index (κ3) is 31.3. The predicted molar refractivity (Wildman–Crippen MR) is 78.5 cm³/mol. The molecule has 0 N–H and O–H groups in total. The minimum atomic E-state index is 0.292. The fourth-order valence-corrected chi connectivity index (χ4v) is 1.55. The van der Waals surface area contributed by atoms with Gasteiger partial charge in [-0.15, -0.1) is 0 Å². The summed E-state index contributed by atoms with van der Waals surface area (Å²) in [6, 6.07) is 0. The van der Waals surface area contributed by atoms with Crippen molar-refractivity contribution in [3.63, 3.8) is 0 Å². The second kappa shape index (κ2) is 24.7. The first kappa shape index (κ1) is 21.8. The van der Waals surface area contributed by atoms with Crippen molar-refractivity contribution in [2.75, 3.05) is 28.2 Å². The fourth-order valence-electron chi connectivity index (χ4n) is 0.633. The van der Waals surface area contributed by atoms with Crippen LogP contribution < -0.4 is 0 Å². The molecule has 0 aromatic heterocycles. The molecule has 0 fully saturated rings. The van der Waals surface area contributed by atoms with E-state index in [2.05, 4.69) is 47.2 Å². The van der Waals surface area contributed by atoms with E-state index in [0.717, 1.165) is 0 Å². The molecule has 0 aromatic rings. The summed E-state index contributed by atoms with van der Waals surface area (Å²) in [4.78, 5) is 0. The molecule has 2 nitrogen and oxygen atoms in total. The Morgan fingerprint density at radius 1 is 1.12 bits per heavy atom. The van der Waals surface area contributed by atoms with Crippen molar-refractivity contribution in [1.29, 1.82) is 0 Å². The van der Waals surface area contributed by atoms with Crippen LogP contribution in [0.5, 0.6) is 0 Å². The Bertz CT molecular complexity index is 200. The maximum absolute atomic E-state index is 3.50. The van der Waals surface area contributed by atoms with Gasteiger partial charge in [0.15, 0.2) is 0 Å². The van der Waals surface area contributed by atoms with Crippen molar-refractivity contribution in [2.24, 2.45) is 0 Å². The third-order valence-corrected chi connectivity index (χ3v) is 2.84. The topological polar surface area (TPSA) is 28.2 Å². The number of allylic oxidation sites excluding steroid dienone is 6. The van der Waals surface area contributed by atoms with Crippen molar-refractivity contribution >= 4 is 0 Å². The van der Waals surface area contributed by atoms with E-state index in [1.165, 1.54) is 6.42 Å². The van der Waals surface area contributed by atoms with Crippen LogP contribution in [0.15, 0.2) is 47.4 Å². The van der Waals surface area contributed by atoms with Crippen LogP contribution in [0, 0.1) is 0 Å². The summed E-state index contributed by atoms with van der Waals surface area (Å²) in [6.07, 6.45) is 11.2. The van der Waals surface area contributed by atoms with Gasteiger partial charge >= 0.3 is 52.9 Å². The molecule has 0 bridgehead atoms. The Morgan fingerprint density at radius 3 is 1.65 bits per heavy atom. The molecule has 0 aromatic carbocycles. The molecule has 1 aliphatic rings. The van der Waals surface area contributed by atoms with Crippen LogP contribution in [0.3, 0.4) is 0 Å². The SMILES string of the molecule is C=CC=C.C[N-]C.C[N-]C.[CH3][Ti+2][C]1=CC=CC1. The van der Waals surface area contributed by atoms with Gasteiger partial charge in [0.2, 0.25) is 0 Å². The maximum atomic E-state index is 3.50. The molecule has 0 heterocycles. The van der Waals surface area contributed by atoms with E-state index in [4.69, 9.17) is 0 Å². The summed E-state index contributed by atoms with van der Waals surface area (Å²) in [6.45, 7) is 6.72. The molecule has 1 rings (SSSR count). The quantitative estimate of drug-likeness (QED) is 0.520. The van der Waals surface area contributed by atoms with Crippen molar-refractivity contribution in [3.8, 4) is 0 Å². The van der Waals surface area contributed by atoms with E-state index in [9.17, 15) is 0 Å². The molecular formula is C14H26N2Ti. The molecule has 0 amide bonds. The normalized spacial score (nSPS) is 10.1. The van der Waals surface area contributed by atoms with Crippen molar-refractivity contribution in [1.82, 2.24) is 0 Å². The summed E-state index contributed by atoms with van der Waals surface area (Å²) in [7, 11) is 7.00. The number of nitrogens with zero attached hydrogens (tertiary/aromatic N) is 2. The average Bonchev–Trinajstić information content (AvgIpc) is 2.84. The van der Waals surface area contributed by atoms with Crippen LogP contribution in [0.4, 0.5) is 0 Å². The summed E-state index contributed by atoms with van der Waals surface area (Å²) in [5.41, 5.74) is 0. The molecular weight excluding hydrogens is 244 g/mol. The van der Waals surface area contributed by atoms with Gasteiger partial charge in [0.1, 0.15) is 0 Å². The van der Waals surface area contributed by atoms with E-state index >= 15 is 0 Å². The van der Waals surface area contributed by atoms with Crippen LogP contribution >= 0.6 is 0 Å². The Balaban J connectivity index is -0.000000170. The Hall–Kier alpha value is -0.406. The fraction of sp³-hybridized carbons (Fsp3) is 0.429. The molecule has 0 saturated carbocycles. The molecule has 0 aliphatic heterocycles. The number of hydrogen-bond donors (Lipinski definition) is 0. The zero-order valence-corrected chi connectivity index (χ0v) is 13.5. The summed E-state index contributed by atoms with van der Waals surface area (Å²) in [5, 5.41) is 9.32. The molecule has 17 heavy (non-hydrogen) atoms. The Labute approximate surface area is 117 Å². The second-order valence-corrected chi connectivity index (χ2v) is 4.72. The summed E-state index contributed by atoms with van der Waals surface area (Å²) < 4.78 is 1.68. The summed E-state index contributed by atoms with van der Waals surface area (Å²) >= 11 is 0.292. The first-order chi connectivity index (χ1) is 8.17. The zero-order valence-electron chi connectivity index (χ0n) is 11.9. The molecule has 0 atom stereocenters. The van der Waals surface area contributed by atoms with Crippen molar-refractivity contribution < 1.29 is 19.2 Å². The molecule has 1 aliphatic carbocycles. The first-order valence-electron chi connectivity index (χ1n) is 5.41. The molecule has 0 spiro atoms. The van der Waals surface area contributed by atoms with Gasteiger partial charge in [-0.2, -0.15) is 28.2 Å². The van der Waals surface area contributed by atoms with Crippen LogP contribution in [0.1, 0.15) is 6.42 Å². The van der Waals surface area contributed by atoms with E-state index in [1.807, 2.05) is 0 Å². The van der Waals surface area contributed by atoms with Gasteiger partial charge in [-0.05, 0) is 0 Å². The van der Waals surface area contributed by atoms with E-state index in [1.54, 1.807) is 44.2 Å². The van der Waals surface area contributed by atoms with Crippen molar-refractivity contribution in [3.05, 3.63) is 58.0 Å². The van der Waals surface area contributed by atoms with E-state index < -0.39 is 0 Å². The number of hydrogen-bond acceptors (Lipinski definition) is 0. The van der Waals surface area contributed by atoms with Gasteiger partial charge in [-0.1, -0.05) is 25.3 Å². The molecule has 0 unspecified atom stereocenters. The van der Waals surface area contributed by atoms with E-state index in [-0.39, 0.29) is 0 Å². The standard InChI is InChI=1S/C5H5.C4H6.2C2H6N.CH3.Ti/c1-2-4-5-3-1;1-3-4-2;2*1-3-2;;/h1-3H,4H2;3-4H,1-2H2;2*1-2H3;1H3;/q;;2*-1;;+2. The zero-order chi connectivity index (χ0) is 13.9.